The Kier molecular flexibility index (Phi) is 3.41. The van der Waals surface area contributed by atoms with Crippen molar-refractivity contribution in [2.75, 3.05) is 0 Å². The number of hydrogen-bond donors (Lipinski definition) is 0. The van der Waals surface area contributed by atoms with Gasteiger partial charge in [0.2, 0.25) is 0 Å². The highest BCUT2D eigenvalue weighted by Gasteiger charge is 2.05. The highest BCUT2D eigenvalue weighted by molar-refractivity contribution is 5.87. The Morgan fingerprint density at radius 1 is 0.789 bits per heavy atom. The van der Waals surface area contributed by atoms with Crippen LogP contribution in [0.25, 0.3) is 22.1 Å². The summed E-state index contributed by atoms with van der Waals surface area (Å²) in [5.74, 6) is 0. The van der Waals surface area contributed by atoms with Gasteiger partial charge in [-0.2, -0.15) is 0 Å². The van der Waals surface area contributed by atoms with Gasteiger partial charge in [-0.05, 0) is 36.6 Å². The molecule has 0 spiro atoms. The Morgan fingerprint density at radius 2 is 1.53 bits per heavy atom. The molecule has 0 fully saturated rings. The number of aromatic nitrogens is 2. The van der Waals surface area contributed by atoms with Crippen LogP contribution in [0.15, 0.2) is 42.5 Å². The molecule has 2 nitrogen and oxygen atoms in total. The highest BCUT2D eigenvalue weighted by atomic mass is 14.8. The van der Waals surface area contributed by atoms with Crippen molar-refractivity contribution in [1.29, 1.82) is 0 Å². The van der Waals surface area contributed by atoms with Gasteiger partial charge >= 0.3 is 0 Å². The fourth-order valence-electron chi connectivity index (χ4n) is 2.47. The van der Waals surface area contributed by atoms with Crippen LogP contribution in [0, 0.1) is 0 Å². The second kappa shape index (κ2) is 5.35. The summed E-state index contributed by atoms with van der Waals surface area (Å²) in [5.41, 5.74) is 5.35. The Morgan fingerprint density at radius 3 is 2.32 bits per heavy atom. The van der Waals surface area contributed by atoms with Gasteiger partial charge < -0.3 is 0 Å². The highest BCUT2D eigenvalue weighted by Crippen LogP contribution is 2.20. The van der Waals surface area contributed by atoms with Crippen molar-refractivity contribution in [3.05, 3.63) is 48.0 Å². The van der Waals surface area contributed by atoms with Crippen LogP contribution in [0.4, 0.5) is 0 Å². The Bertz CT molecular complexity index is 704. The molecule has 0 aliphatic carbocycles. The van der Waals surface area contributed by atoms with Gasteiger partial charge in [-0.15, -0.1) is 0 Å². The molecule has 0 unspecified atom stereocenters. The lowest BCUT2D eigenvalue weighted by Gasteiger charge is -2.06. The maximum absolute atomic E-state index is 4.79. The minimum absolute atomic E-state index is 0.973. The summed E-state index contributed by atoms with van der Waals surface area (Å²) in [4.78, 5) is 9.50. The first-order valence-electron chi connectivity index (χ1n) is 7.03. The minimum atomic E-state index is 0.973. The zero-order chi connectivity index (χ0) is 13.1. The maximum atomic E-state index is 4.79. The number of para-hydroxylation sites is 3. The van der Waals surface area contributed by atoms with E-state index in [0.717, 1.165) is 28.5 Å². The zero-order valence-electron chi connectivity index (χ0n) is 11.3. The number of rotatable bonds is 4. The quantitative estimate of drug-likeness (QED) is 0.502. The molecule has 0 amide bonds. The summed E-state index contributed by atoms with van der Waals surface area (Å²) in [6.45, 7) is 2.23. The molecule has 2 aromatic carbocycles. The summed E-state index contributed by atoms with van der Waals surface area (Å²) in [6.07, 6.45) is 4.85. The number of nitrogens with zero attached hydrogens (tertiary/aromatic N) is 2. The van der Waals surface area contributed by atoms with Crippen LogP contribution in [-0.2, 0) is 6.42 Å². The van der Waals surface area contributed by atoms with E-state index in [2.05, 4.69) is 25.1 Å². The maximum Gasteiger partial charge on any atom is 0.0926 e. The van der Waals surface area contributed by atoms with Crippen LogP contribution < -0.4 is 0 Å². The lowest BCUT2D eigenvalue weighted by molar-refractivity contribution is 0.719. The van der Waals surface area contributed by atoms with Gasteiger partial charge in [0.05, 0.1) is 22.1 Å². The van der Waals surface area contributed by atoms with E-state index in [1.54, 1.807) is 0 Å². The molecule has 0 atom stereocenters. The number of hydrogen-bond acceptors (Lipinski definition) is 2. The second-order valence-electron chi connectivity index (χ2n) is 4.95. The number of aryl methyl sites for hydroxylation is 1. The van der Waals surface area contributed by atoms with Gasteiger partial charge in [0.1, 0.15) is 0 Å². The van der Waals surface area contributed by atoms with Crippen LogP contribution >= 0.6 is 0 Å². The average Bonchev–Trinajstić information content (AvgIpc) is 2.46. The minimum Gasteiger partial charge on any atom is -0.244 e. The van der Waals surface area contributed by atoms with Gasteiger partial charge in [0, 0.05) is 0 Å². The van der Waals surface area contributed by atoms with Crippen LogP contribution in [0.5, 0.6) is 0 Å². The molecule has 0 radical (unpaired) electrons. The van der Waals surface area contributed by atoms with E-state index < -0.39 is 0 Å². The van der Waals surface area contributed by atoms with E-state index in [9.17, 15) is 0 Å². The first-order valence-corrected chi connectivity index (χ1v) is 7.03. The molecule has 0 saturated carbocycles. The zero-order valence-corrected chi connectivity index (χ0v) is 11.3. The molecule has 3 aromatic rings. The molecule has 1 heterocycles. The molecule has 19 heavy (non-hydrogen) atoms. The molecule has 96 valence electrons. The molecular weight excluding hydrogens is 232 g/mol. The van der Waals surface area contributed by atoms with Crippen molar-refractivity contribution in [1.82, 2.24) is 9.97 Å². The number of benzene rings is 2. The van der Waals surface area contributed by atoms with Crippen LogP contribution in [0.1, 0.15) is 31.7 Å². The summed E-state index contributed by atoms with van der Waals surface area (Å²) in [7, 11) is 0. The van der Waals surface area contributed by atoms with Crippen molar-refractivity contribution in [3.8, 4) is 0 Å². The Balaban J connectivity index is 2.09. The second-order valence-corrected chi connectivity index (χ2v) is 4.95. The molecule has 0 aliphatic rings. The number of fused-ring (bicyclic) bond motifs is 2. The summed E-state index contributed by atoms with van der Waals surface area (Å²) < 4.78 is 0. The molecule has 1 aromatic heterocycles. The van der Waals surface area contributed by atoms with Crippen molar-refractivity contribution in [2.24, 2.45) is 0 Å². The van der Waals surface area contributed by atoms with Crippen molar-refractivity contribution < 1.29 is 0 Å². The topological polar surface area (TPSA) is 25.8 Å². The lowest BCUT2D eigenvalue weighted by atomic mass is 10.1. The van der Waals surface area contributed by atoms with E-state index in [1.807, 2.05) is 24.3 Å². The fraction of sp³-hybridized carbons (Fsp3) is 0.294. The first-order chi connectivity index (χ1) is 9.38. The normalized spacial score (nSPS) is 11.2. The van der Waals surface area contributed by atoms with Crippen molar-refractivity contribution in [3.63, 3.8) is 0 Å². The van der Waals surface area contributed by atoms with Crippen molar-refractivity contribution >= 4 is 22.1 Å². The predicted octanol–water partition coefficient (Wildman–Crippen LogP) is 4.52. The van der Waals surface area contributed by atoms with Crippen LogP contribution in [0.3, 0.4) is 0 Å². The molecule has 0 aliphatic heterocycles. The van der Waals surface area contributed by atoms with E-state index in [-0.39, 0.29) is 0 Å². The van der Waals surface area contributed by atoms with E-state index >= 15 is 0 Å². The predicted molar refractivity (Wildman–Crippen MR) is 80.3 cm³/mol. The van der Waals surface area contributed by atoms with Crippen LogP contribution in [-0.4, -0.2) is 9.97 Å². The monoisotopic (exact) mass is 250 g/mol. The van der Waals surface area contributed by atoms with Gasteiger partial charge in [0.15, 0.2) is 0 Å². The molecule has 0 N–H and O–H groups in total. The smallest absolute Gasteiger partial charge is 0.0926 e. The SMILES string of the molecule is CCCCCc1cccc2nc3ccccc3nc12. The molecule has 0 bridgehead atoms. The molecule has 0 saturated heterocycles. The standard InChI is InChI=1S/C17H18N2/c1-2-3-4-8-13-9-7-12-16-17(13)19-15-11-6-5-10-14(15)18-16/h5-7,9-12H,2-4,8H2,1H3. The van der Waals surface area contributed by atoms with Gasteiger partial charge in [-0.25, -0.2) is 9.97 Å². The largest absolute Gasteiger partial charge is 0.244 e. The first kappa shape index (κ1) is 12.1. The molecule has 3 rings (SSSR count). The Hall–Kier alpha value is -1.96. The third-order valence-electron chi connectivity index (χ3n) is 3.50. The lowest BCUT2D eigenvalue weighted by Crippen LogP contribution is -1.93. The summed E-state index contributed by atoms with van der Waals surface area (Å²) in [5, 5.41) is 0. The fourth-order valence-corrected chi connectivity index (χ4v) is 2.47. The van der Waals surface area contributed by atoms with Gasteiger partial charge in [-0.1, -0.05) is 44.0 Å². The molecule has 2 heteroatoms. The third kappa shape index (κ3) is 2.43. The van der Waals surface area contributed by atoms with E-state index in [4.69, 9.17) is 9.97 Å². The average molecular weight is 250 g/mol. The number of unbranched alkanes of at least 4 members (excludes halogenated alkanes) is 2. The summed E-state index contributed by atoms with van der Waals surface area (Å²) in [6, 6.07) is 14.4. The van der Waals surface area contributed by atoms with E-state index in [1.165, 1.54) is 24.8 Å². The summed E-state index contributed by atoms with van der Waals surface area (Å²) >= 11 is 0. The van der Waals surface area contributed by atoms with Gasteiger partial charge in [-0.3, -0.25) is 0 Å². The van der Waals surface area contributed by atoms with Crippen molar-refractivity contribution in [2.45, 2.75) is 32.6 Å². The molecular formula is C17H18N2. The third-order valence-corrected chi connectivity index (χ3v) is 3.50. The van der Waals surface area contributed by atoms with E-state index in [0.29, 0.717) is 0 Å². The van der Waals surface area contributed by atoms with Crippen LogP contribution in [0.2, 0.25) is 0 Å². The van der Waals surface area contributed by atoms with Gasteiger partial charge in [0.25, 0.3) is 0 Å². The Labute approximate surface area is 113 Å².